The molecule has 0 saturated carbocycles. The van der Waals surface area contributed by atoms with Gasteiger partial charge in [-0.3, -0.25) is 14.5 Å². The zero-order chi connectivity index (χ0) is 23.4. The van der Waals surface area contributed by atoms with E-state index < -0.39 is 11.2 Å². The second-order valence-corrected chi connectivity index (χ2v) is 8.75. The lowest BCUT2D eigenvalue weighted by atomic mass is 10.1. The van der Waals surface area contributed by atoms with E-state index in [1.165, 1.54) is 28.8 Å². The van der Waals surface area contributed by atoms with Gasteiger partial charge in [0.2, 0.25) is 5.91 Å². The van der Waals surface area contributed by atoms with Gasteiger partial charge in [0.25, 0.3) is 5.91 Å². The second-order valence-electron chi connectivity index (χ2n) is 7.56. The third-order valence-electron chi connectivity index (χ3n) is 5.16. The number of thioether (sulfide) groups is 1. The van der Waals surface area contributed by atoms with Gasteiger partial charge in [-0.15, -0.1) is 0 Å². The molecule has 1 saturated heterocycles. The van der Waals surface area contributed by atoms with Crippen molar-refractivity contribution in [2.75, 3.05) is 10.2 Å². The number of nitrogens with zero attached hydrogens (tertiary/aromatic N) is 2. The number of halogens is 1. The number of carbonyl (C=O) groups excluding carboxylic acids is 2. The predicted octanol–water partition coefficient (Wildman–Crippen LogP) is 5.20. The Morgan fingerprint density at radius 1 is 1.06 bits per heavy atom. The van der Waals surface area contributed by atoms with E-state index in [-0.39, 0.29) is 22.3 Å². The second kappa shape index (κ2) is 9.72. The lowest BCUT2D eigenvalue weighted by Gasteiger charge is -2.18. The van der Waals surface area contributed by atoms with E-state index in [0.717, 1.165) is 11.1 Å². The van der Waals surface area contributed by atoms with Gasteiger partial charge < -0.3 is 5.32 Å². The van der Waals surface area contributed by atoms with Crippen molar-refractivity contribution in [3.63, 3.8) is 0 Å². The van der Waals surface area contributed by atoms with Crippen LogP contribution in [0.4, 0.5) is 15.8 Å². The van der Waals surface area contributed by atoms with Gasteiger partial charge in [0.15, 0.2) is 0 Å². The SMILES string of the molecule is Cc1ccc(NC(=O)/C(C#N)=C2\SC(Cc3ccc(F)cc3)C(=O)N2c2ccccc2)cc1. The maximum Gasteiger partial charge on any atom is 0.269 e. The fourth-order valence-electron chi connectivity index (χ4n) is 3.46. The molecule has 1 fully saturated rings. The van der Waals surface area contributed by atoms with Gasteiger partial charge in [0, 0.05) is 11.4 Å². The third kappa shape index (κ3) is 4.97. The first-order chi connectivity index (χ1) is 16.0. The van der Waals surface area contributed by atoms with Crippen LogP contribution in [0.1, 0.15) is 11.1 Å². The maximum atomic E-state index is 13.4. The molecule has 0 bridgehead atoms. The van der Waals surface area contributed by atoms with Crippen molar-refractivity contribution in [3.05, 3.63) is 106 Å². The van der Waals surface area contributed by atoms with Crippen LogP contribution in [0, 0.1) is 24.1 Å². The number of benzene rings is 3. The van der Waals surface area contributed by atoms with Crippen LogP contribution in [0.3, 0.4) is 0 Å². The van der Waals surface area contributed by atoms with Crippen molar-refractivity contribution >= 4 is 35.0 Å². The predicted molar refractivity (Wildman–Crippen MR) is 128 cm³/mol. The Kier molecular flexibility index (Phi) is 6.57. The Bertz CT molecular complexity index is 1250. The quantitative estimate of drug-likeness (QED) is 0.422. The van der Waals surface area contributed by atoms with E-state index in [2.05, 4.69) is 5.32 Å². The maximum absolute atomic E-state index is 13.4. The number of rotatable bonds is 5. The third-order valence-corrected chi connectivity index (χ3v) is 6.43. The lowest BCUT2D eigenvalue weighted by molar-refractivity contribution is -0.117. The number of hydrogen-bond acceptors (Lipinski definition) is 4. The topological polar surface area (TPSA) is 73.2 Å². The normalized spacial score (nSPS) is 16.9. The molecule has 0 spiro atoms. The van der Waals surface area contributed by atoms with Crippen molar-refractivity contribution in [2.45, 2.75) is 18.6 Å². The smallest absolute Gasteiger partial charge is 0.269 e. The number of amides is 2. The van der Waals surface area contributed by atoms with Crippen molar-refractivity contribution in [1.29, 1.82) is 5.26 Å². The summed E-state index contributed by atoms with van der Waals surface area (Å²) in [5.41, 5.74) is 2.83. The van der Waals surface area contributed by atoms with Gasteiger partial charge in [-0.25, -0.2) is 4.39 Å². The first-order valence-electron chi connectivity index (χ1n) is 10.3. The largest absolute Gasteiger partial charge is 0.321 e. The molecule has 4 rings (SSSR count). The molecule has 1 aliphatic rings. The Hall–Kier alpha value is -3.89. The zero-order valence-corrected chi connectivity index (χ0v) is 18.6. The van der Waals surface area contributed by atoms with E-state index in [9.17, 15) is 19.2 Å². The Morgan fingerprint density at radius 3 is 2.36 bits per heavy atom. The lowest BCUT2D eigenvalue weighted by Crippen LogP contribution is -2.30. The summed E-state index contributed by atoms with van der Waals surface area (Å²) < 4.78 is 13.3. The Labute approximate surface area is 195 Å². The minimum atomic E-state index is -0.583. The van der Waals surface area contributed by atoms with Gasteiger partial charge in [-0.1, -0.05) is 59.8 Å². The number of nitriles is 1. The summed E-state index contributed by atoms with van der Waals surface area (Å²) in [6.45, 7) is 1.94. The van der Waals surface area contributed by atoms with Gasteiger partial charge in [0.1, 0.15) is 22.5 Å². The molecule has 1 N–H and O–H groups in total. The van der Waals surface area contributed by atoms with Crippen molar-refractivity contribution in [3.8, 4) is 6.07 Å². The van der Waals surface area contributed by atoms with Gasteiger partial charge in [-0.2, -0.15) is 5.26 Å². The molecule has 164 valence electrons. The molecule has 1 unspecified atom stereocenters. The molecule has 1 heterocycles. The summed E-state index contributed by atoms with van der Waals surface area (Å²) >= 11 is 1.17. The molecule has 1 atom stereocenters. The van der Waals surface area contributed by atoms with Crippen LogP contribution in [-0.2, 0) is 16.0 Å². The van der Waals surface area contributed by atoms with Crippen molar-refractivity contribution in [2.24, 2.45) is 0 Å². The van der Waals surface area contributed by atoms with Crippen LogP contribution in [0.2, 0.25) is 0 Å². The fourth-order valence-corrected chi connectivity index (χ4v) is 4.77. The van der Waals surface area contributed by atoms with E-state index in [1.807, 2.05) is 31.2 Å². The first kappa shape index (κ1) is 22.3. The van der Waals surface area contributed by atoms with E-state index >= 15 is 0 Å². The molecule has 0 radical (unpaired) electrons. The van der Waals surface area contributed by atoms with Crippen LogP contribution in [-0.4, -0.2) is 17.1 Å². The summed E-state index contributed by atoms with van der Waals surface area (Å²) in [5.74, 6) is -1.17. The molecular formula is C26H20FN3O2S. The summed E-state index contributed by atoms with van der Waals surface area (Å²) in [6.07, 6.45) is 0.342. The highest BCUT2D eigenvalue weighted by molar-refractivity contribution is 8.05. The summed E-state index contributed by atoms with van der Waals surface area (Å²) in [6, 6.07) is 24.1. The molecule has 0 aromatic heterocycles. The average molecular weight is 458 g/mol. The van der Waals surface area contributed by atoms with E-state index in [4.69, 9.17) is 0 Å². The first-order valence-corrected chi connectivity index (χ1v) is 11.2. The molecule has 1 aliphatic heterocycles. The molecule has 5 nitrogen and oxygen atoms in total. The van der Waals surface area contributed by atoms with Crippen molar-refractivity contribution < 1.29 is 14.0 Å². The van der Waals surface area contributed by atoms with E-state index in [0.29, 0.717) is 17.8 Å². The van der Waals surface area contributed by atoms with E-state index in [1.54, 1.807) is 48.5 Å². The molecular weight excluding hydrogens is 437 g/mol. The molecule has 0 aliphatic carbocycles. The summed E-state index contributed by atoms with van der Waals surface area (Å²) in [5, 5.41) is 12.3. The molecule has 7 heteroatoms. The van der Waals surface area contributed by atoms with Crippen LogP contribution < -0.4 is 10.2 Å². The number of carbonyl (C=O) groups is 2. The molecule has 2 amide bonds. The van der Waals surface area contributed by atoms with Gasteiger partial charge >= 0.3 is 0 Å². The summed E-state index contributed by atoms with van der Waals surface area (Å²) in [4.78, 5) is 27.8. The van der Waals surface area contributed by atoms with Gasteiger partial charge in [-0.05, 0) is 55.3 Å². The van der Waals surface area contributed by atoms with Gasteiger partial charge in [0.05, 0.1) is 5.25 Å². The van der Waals surface area contributed by atoms with Crippen LogP contribution in [0.15, 0.2) is 89.5 Å². The number of hydrogen-bond donors (Lipinski definition) is 1. The Balaban J connectivity index is 1.70. The van der Waals surface area contributed by atoms with Crippen LogP contribution >= 0.6 is 11.8 Å². The minimum Gasteiger partial charge on any atom is -0.321 e. The highest BCUT2D eigenvalue weighted by Crippen LogP contribution is 2.42. The molecule has 3 aromatic carbocycles. The van der Waals surface area contributed by atoms with Crippen LogP contribution in [0.25, 0.3) is 0 Å². The number of anilines is 2. The highest BCUT2D eigenvalue weighted by Gasteiger charge is 2.40. The number of aryl methyl sites for hydroxylation is 1. The van der Waals surface area contributed by atoms with Crippen LogP contribution in [0.5, 0.6) is 0 Å². The average Bonchev–Trinajstić information content (AvgIpc) is 3.13. The minimum absolute atomic E-state index is 0.139. The summed E-state index contributed by atoms with van der Waals surface area (Å²) in [7, 11) is 0. The zero-order valence-electron chi connectivity index (χ0n) is 17.8. The van der Waals surface area contributed by atoms with Crippen molar-refractivity contribution in [1.82, 2.24) is 0 Å². The molecule has 3 aromatic rings. The molecule has 33 heavy (non-hydrogen) atoms. The Morgan fingerprint density at radius 2 is 1.73 bits per heavy atom. The fraction of sp³-hybridized carbons (Fsp3) is 0.115. The number of para-hydroxylation sites is 1. The highest BCUT2D eigenvalue weighted by atomic mass is 32.2. The number of nitrogens with one attached hydrogen (secondary N) is 1. The standard InChI is InChI=1S/C26H20FN3O2S/c1-17-7-13-20(14-8-17)29-24(31)22(16-28)26-30(21-5-3-2-4-6-21)25(32)23(33-26)15-18-9-11-19(27)12-10-18/h2-14,23H,15H2,1H3,(H,29,31)/b26-22-. The monoisotopic (exact) mass is 457 g/mol.